The van der Waals surface area contributed by atoms with E-state index in [9.17, 15) is 14.4 Å². The molecule has 0 radical (unpaired) electrons. The third-order valence-electron chi connectivity index (χ3n) is 8.12. The smallest absolute Gasteiger partial charge is 0.228 e. The van der Waals surface area contributed by atoms with Crippen LogP contribution in [0.25, 0.3) is 10.9 Å². The average molecular weight is 491 g/mol. The Labute approximate surface area is 211 Å². The lowest BCUT2D eigenvalue weighted by atomic mass is 9.67. The fourth-order valence-corrected chi connectivity index (χ4v) is 6.18. The van der Waals surface area contributed by atoms with E-state index in [1.807, 2.05) is 48.8 Å². The van der Waals surface area contributed by atoms with Gasteiger partial charge in [-0.3, -0.25) is 14.4 Å². The van der Waals surface area contributed by atoms with Crippen LogP contribution in [-0.4, -0.2) is 52.1 Å². The molecular weight excluding hydrogens is 456 g/mol. The van der Waals surface area contributed by atoms with E-state index in [1.165, 1.54) is 5.56 Å². The van der Waals surface area contributed by atoms with Crippen molar-refractivity contribution in [1.29, 1.82) is 0 Å². The first-order valence-corrected chi connectivity index (χ1v) is 12.9. The lowest BCUT2D eigenvalue weighted by Gasteiger charge is -2.54. The van der Waals surface area contributed by atoms with Crippen molar-refractivity contribution >= 4 is 28.6 Å². The number of rotatable bonds is 7. The Hall–Kier alpha value is -3.55. The maximum Gasteiger partial charge on any atom is 0.228 e. The summed E-state index contributed by atoms with van der Waals surface area (Å²) < 4.78 is 5.29. The van der Waals surface area contributed by atoms with Crippen molar-refractivity contribution in [2.24, 2.45) is 11.8 Å². The Kier molecular flexibility index (Phi) is 6.36. The topological polar surface area (TPSA) is 98.7 Å². The molecule has 4 heterocycles. The molecule has 8 heteroatoms. The fraction of sp³-hybridized carbons (Fsp3) is 0.464. The first-order chi connectivity index (χ1) is 17.4. The second-order valence-corrected chi connectivity index (χ2v) is 9.97. The minimum Gasteiger partial charge on any atom is -0.467 e. The maximum absolute atomic E-state index is 13.9. The Balaban J connectivity index is 1.49. The summed E-state index contributed by atoms with van der Waals surface area (Å²) in [5.74, 6) is -0.588. The molecule has 8 nitrogen and oxygen atoms in total. The van der Waals surface area contributed by atoms with E-state index < -0.39 is 17.4 Å². The summed E-state index contributed by atoms with van der Waals surface area (Å²) in [6.45, 7) is 7.98. The first kappa shape index (κ1) is 24.2. The molecule has 0 saturated carbocycles. The number of fused-ring (bicyclic) bond motifs is 5. The molecule has 0 aliphatic carbocycles. The van der Waals surface area contributed by atoms with Gasteiger partial charge in [0.05, 0.1) is 24.3 Å². The Morgan fingerprint density at radius 1 is 1.19 bits per heavy atom. The van der Waals surface area contributed by atoms with Gasteiger partial charge in [-0.25, -0.2) is 0 Å². The molecule has 190 valence electrons. The number of carbonyl (C=O) groups excluding carboxylic acids is 3. The highest BCUT2D eigenvalue weighted by atomic mass is 16.3. The molecule has 3 aromatic rings. The average Bonchev–Trinajstić information content (AvgIpc) is 3.53. The Bertz CT molecular complexity index is 1280. The minimum atomic E-state index is -0.801. The number of hydrogen-bond acceptors (Lipinski definition) is 4. The zero-order chi connectivity index (χ0) is 25.4. The third kappa shape index (κ3) is 3.88. The van der Waals surface area contributed by atoms with E-state index in [1.54, 1.807) is 18.4 Å². The Morgan fingerprint density at radius 2 is 1.97 bits per heavy atom. The number of nitrogens with one attached hydrogen (secondary N) is 2. The van der Waals surface area contributed by atoms with Crippen molar-refractivity contribution < 1.29 is 18.8 Å². The normalized spacial score (nSPS) is 23.3. The number of aromatic amines is 1. The summed E-state index contributed by atoms with van der Waals surface area (Å²) in [6, 6.07) is 11.7. The molecule has 3 atom stereocenters. The van der Waals surface area contributed by atoms with Crippen LogP contribution in [0, 0.1) is 11.8 Å². The second-order valence-electron chi connectivity index (χ2n) is 9.97. The van der Waals surface area contributed by atoms with Gasteiger partial charge in [-0.2, -0.15) is 0 Å². The predicted molar refractivity (Wildman–Crippen MR) is 136 cm³/mol. The van der Waals surface area contributed by atoms with Crippen LogP contribution in [0.3, 0.4) is 0 Å². The summed E-state index contributed by atoms with van der Waals surface area (Å²) in [5, 5.41) is 4.00. The maximum atomic E-state index is 13.9. The van der Waals surface area contributed by atoms with Crippen molar-refractivity contribution in [1.82, 2.24) is 20.1 Å². The van der Waals surface area contributed by atoms with Crippen molar-refractivity contribution in [2.75, 3.05) is 19.6 Å². The van der Waals surface area contributed by atoms with Crippen LogP contribution in [0.4, 0.5) is 0 Å². The number of benzene rings is 1. The van der Waals surface area contributed by atoms with Crippen LogP contribution >= 0.6 is 0 Å². The number of amides is 3. The molecule has 1 saturated heterocycles. The molecule has 0 spiro atoms. The number of piperidine rings is 1. The molecule has 2 aliphatic heterocycles. The van der Waals surface area contributed by atoms with Crippen molar-refractivity contribution in [3.8, 4) is 0 Å². The van der Waals surface area contributed by atoms with Crippen LogP contribution in [0.5, 0.6) is 0 Å². The van der Waals surface area contributed by atoms with Gasteiger partial charge in [0.1, 0.15) is 5.76 Å². The van der Waals surface area contributed by atoms with Crippen LogP contribution in [0.2, 0.25) is 0 Å². The van der Waals surface area contributed by atoms with E-state index >= 15 is 0 Å². The summed E-state index contributed by atoms with van der Waals surface area (Å²) in [6.07, 6.45) is 2.66. The van der Waals surface area contributed by atoms with E-state index in [0.29, 0.717) is 38.2 Å². The van der Waals surface area contributed by atoms with E-state index in [0.717, 1.165) is 16.6 Å². The standard InChI is InChI=1S/C28H34N4O4/c1-4-31(5-2)27(35)22-15-18(16-24(33)29-17-19-9-8-14-36-19)26(34)32-13-12-21-20-10-6-7-11-23(20)30-25(21)28(22,32)3/h6-11,14,18,22,30H,4-5,12-13,15-17H2,1-3H3,(H,29,33)/t18?,22-,28+/m1/s1. The zero-order valence-corrected chi connectivity index (χ0v) is 21.2. The molecular formula is C28H34N4O4. The molecule has 5 rings (SSSR count). The lowest BCUT2D eigenvalue weighted by Crippen LogP contribution is -2.64. The van der Waals surface area contributed by atoms with E-state index in [4.69, 9.17) is 4.42 Å². The number of hydrogen-bond donors (Lipinski definition) is 2. The fourth-order valence-electron chi connectivity index (χ4n) is 6.18. The molecule has 2 N–H and O–H groups in total. The summed E-state index contributed by atoms with van der Waals surface area (Å²) in [7, 11) is 0. The van der Waals surface area contributed by atoms with Gasteiger partial charge in [0.15, 0.2) is 0 Å². The molecule has 3 amide bonds. The molecule has 0 bridgehead atoms. The monoisotopic (exact) mass is 490 g/mol. The largest absolute Gasteiger partial charge is 0.467 e. The van der Waals surface area contributed by atoms with Gasteiger partial charge in [-0.1, -0.05) is 18.2 Å². The SMILES string of the molecule is CCN(CC)C(=O)[C@H]1CC(CC(=O)NCc2ccco2)C(=O)N2CCc3c([nH]c4ccccc34)[C@]12C. The number of H-pyrrole nitrogens is 1. The third-order valence-corrected chi connectivity index (χ3v) is 8.12. The summed E-state index contributed by atoms with van der Waals surface area (Å²) in [5.41, 5.74) is 2.36. The van der Waals surface area contributed by atoms with E-state index in [2.05, 4.69) is 16.4 Å². The van der Waals surface area contributed by atoms with Gasteiger partial charge in [0, 0.05) is 48.6 Å². The Morgan fingerprint density at radius 3 is 2.69 bits per heavy atom. The van der Waals surface area contributed by atoms with Gasteiger partial charge in [0.25, 0.3) is 0 Å². The van der Waals surface area contributed by atoms with Crippen LogP contribution in [0.1, 0.15) is 50.6 Å². The number of furan rings is 1. The number of aromatic nitrogens is 1. The molecule has 1 fully saturated rings. The molecule has 36 heavy (non-hydrogen) atoms. The number of para-hydroxylation sites is 1. The molecule has 1 unspecified atom stereocenters. The number of carbonyl (C=O) groups is 3. The van der Waals surface area contributed by atoms with Gasteiger partial charge in [-0.05, 0) is 57.4 Å². The molecule has 2 aliphatic rings. The quantitative estimate of drug-likeness (QED) is 0.529. The summed E-state index contributed by atoms with van der Waals surface area (Å²) >= 11 is 0. The highest BCUT2D eigenvalue weighted by Crippen LogP contribution is 2.50. The lowest BCUT2D eigenvalue weighted by molar-refractivity contribution is -0.164. The van der Waals surface area contributed by atoms with Crippen molar-refractivity contribution in [2.45, 2.75) is 52.1 Å². The van der Waals surface area contributed by atoms with Crippen LogP contribution in [-0.2, 0) is 32.9 Å². The second kappa shape index (κ2) is 9.48. The van der Waals surface area contributed by atoms with Gasteiger partial charge in [0.2, 0.25) is 17.7 Å². The zero-order valence-electron chi connectivity index (χ0n) is 21.2. The predicted octanol–water partition coefficient (Wildman–Crippen LogP) is 3.57. The van der Waals surface area contributed by atoms with Crippen molar-refractivity contribution in [3.05, 3.63) is 59.7 Å². The number of nitrogens with zero attached hydrogens (tertiary/aromatic N) is 2. The van der Waals surface area contributed by atoms with Crippen molar-refractivity contribution in [3.63, 3.8) is 0 Å². The minimum absolute atomic E-state index is 0.0347. The highest BCUT2D eigenvalue weighted by molar-refractivity contribution is 5.92. The first-order valence-electron chi connectivity index (χ1n) is 12.9. The van der Waals surface area contributed by atoms with Crippen LogP contribution < -0.4 is 5.32 Å². The van der Waals surface area contributed by atoms with E-state index in [-0.39, 0.29) is 30.7 Å². The molecule has 1 aromatic carbocycles. The van der Waals surface area contributed by atoms with Gasteiger partial charge in [-0.15, -0.1) is 0 Å². The molecule has 2 aromatic heterocycles. The van der Waals surface area contributed by atoms with Gasteiger partial charge < -0.3 is 24.5 Å². The highest BCUT2D eigenvalue weighted by Gasteiger charge is 2.57. The van der Waals surface area contributed by atoms with Crippen LogP contribution in [0.15, 0.2) is 47.1 Å². The van der Waals surface area contributed by atoms with Gasteiger partial charge >= 0.3 is 0 Å². The summed E-state index contributed by atoms with van der Waals surface area (Å²) in [4.78, 5) is 47.8.